The molecule has 1 heterocycles. The molecule has 5 heteroatoms. The molecule has 0 spiro atoms. The van der Waals surface area contributed by atoms with Crippen LogP contribution in [0.5, 0.6) is 0 Å². The third-order valence-corrected chi connectivity index (χ3v) is 3.18. The first-order chi connectivity index (χ1) is 8.13. The molecular formula is C12H16N2O2S. The van der Waals surface area contributed by atoms with Crippen molar-refractivity contribution in [3.63, 3.8) is 0 Å². The number of aromatic nitrogens is 1. The van der Waals surface area contributed by atoms with Crippen molar-refractivity contribution >= 4 is 29.4 Å². The SMILES string of the molecule is CN(CCCS)c1ccc2c(c1)oc(=O)n2C. The molecule has 1 aromatic heterocycles. The number of thiol groups is 1. The van der Waals surface area contributed by atoms with E-state index in [9.17, 15) is 4.79 Å². The molecule has 92 valence electrons. The Kier molecular flexibility index (Phi) is 3.47. The number of aryl methyl sites for hydroxylation is 1. The van der Waals surface area contributed by atoms with Gasteiger partial charge in [-0.25, -0.2) is 4.79 Å². The highest BCUT2D eigenvalue weighted by atomic mass is 32.1. The van der Waals surface area contributed by atoms with Crippen molar-refractivity contribution in [3.8, 4) is 0 Å². The van der Waals surface area contributed by atoms with E-state index in [0.29, 0.717) is 5.58 Å². The third kappa shape index (κ3) is 2.34. The fraction of sp³-hybridized carbons (Fsp3) is 0.417. The summed E-state index contributed by atoms with van der Waals surface area (Å²) in [5, 5.41) is 0. The molecule has 0 aliphatic carbocycles. The predicted molar refractivity (Wildman–Crippen MR) is 73.2 cm³/mol. The zero-order valence-corrected chi connectivity index (χ0v) is 10.9. The second kappa shape index (κ2) is 4.87. The van der Waals surface area contributed by atoms with Crippen LogP contribution in [-0.2, 0) is 7.05 Å². The summed E-state index contributed by atoms with van der Waals surface area (Å²) in [6, 6.07) is 5.80. The van der Waals surface area contributed by atoms with E-state index in [1.54, 1.807) is 7.05 Å². The van der Waals surface area contributed by atoms with Gasteiger partial charge in [-0.3, -0.25) is 4.57 Å². The number of benzene rings is 1. The summed E-state index contributed by atoms with van der Waals surface area (Å²) < 4.78 is 6.67. The van der Waals surface area contributed by atoms with E-state index in [0.717, 1.165) is 29.9 Å². The number of anilines is 1. The van der Waals surface area contributed by atoms with Crippen LogP contribution in [-0.4, -0.2) is 23.9 Å². The first kappa shape index (κ1) is 12.1. The highest BCUT2D eigenvalue weighted by molar-refractivity contribution is 7.80. The maximum Gasteiger partial charge on any atom is 0.419 e. The van der Waals surface area contributed by atoms with Crippen LogP contribution < -0.4 is 10.7 Å². The standard InChI is InChI=1S/C12H16N2O2S/c1-13(6-3-7-17)9-4-5-10-11(8-9)16-12(15)14(10)2/h4-5,8,17H,3,6-7H2,1-2H3. The summed E-state index contributed by atoms with van der Waals surface area (Å²) in [6.07, 6.45) is 1.02. The van der Waals surface area contributed by atoms with Gasteiger partial charge in [-0.1, -0.05) is 0 Å². The monoisotopic (exact) mass is 252 g/mol. The van der Waals surface area contributed by atoms with E-state index in [-0.39, 0.29) is 5.76 Å². The van der Waals surface area contributed by atoms with Crippen LogP contribution in [0.4, 0.5) is 5.69 Å². The van der Waals surface area contributed by atoms with E-state index in [2.05, 4.69) is 17.5 Å². The summed E-state index contributed by atoms with van der Waals surface area (Å²) in [6.45, 7) is 0.937. The molecule has 4 nitrogen and oxygen atoms in total. The molecule has 0 bridgehead atoms. The van der Waals surface area contributed by atoms with Gasteiger partial charge in [0.25, 0.3) is 0 Å². The Morgan fingerprint density at radius 1 is 1.47 bits per heavy atom. The maximum absolute atomic E-state index is 11.4. The van der Waals surface area contributed by atoms with Gasteiger partial charge in [-0.15, -0.1) is 0 Å². The van der Waals surface area contributed by atoms with Crippen LogP contribution in [0.1, 0.15) is 6.42 Å². The summed E-state index contributed by atoms with van der Waals surface area (Å²) in [7, 11) is 3.73. The Morgan fingerprint density at radius 2 is 2.24 bits per heavy atom. The zero-order chi connectivity index (χ0) is 12.4. The van der Waals surface area contributed by atoms with E-state index in [1.165, 1.54) is 4.57 Å². The Morgan fingerprint density at radius 3 is 2.94 bits per heavy atom. The summed E-state index contributed by atoms with van der Waals surface area (Å²) in [5.74, 6) is 0.544. The second-order valence-electron chi connectivity index (χ2n) is 4.08. The fourth-order valence-electron chi connectivity index (χ4n) is 1.80. The quantitative estimate of drug-likeness (QED) is 0.844. The number of rotatable bonds is 4. The second-order valence-corrected chi connectivity index (χ2v) is 4.52. The predicted octanol–water partition coefficient (Wildman–Crippen LogP) is 1.89. The van der Waals surface area contributed by atoms with E-state index < -0.39 is 0 Å². The van der Waals surface area contributed by atoms with Crippen molar-refractivity contribution in [3.05, 3.63) is 28.7 Å². The lowest BCUT2D eigenvalue weighted by molar-refractivity contribution is 0.528. The lowest BCUT2D eigenvalue weighted by Gasteiger charge is -2.18. The number of oxazole rings is 1. The van der Waals surface area contributed by atoms with Crippen molar-refractivity contribution in [2.75, 3.05) is 24.2 Å². The van der Waals surface area contributed by atoms with Crippen LogP contribution in [0.3, 0.4) is 0 Å². The van der Waals surface area contributed by atoms with Crippen LogP contribution in [0.15, 0.2) is 27.4 Å². The summed E-state index contributed by atoms with van der Waals surface area (Å²) in [5.41, 5.74) is 2.50. The molecule has 17 heavy (non-hydrogen) atoms. The van der Waals surface area contributed by atoms with Crippen LogP contribution in [0.2, 0.25) is 0 Å². The average molecular weight is 252 g/mol. The first-order valence-corrected chi connectivity index (χ1v) is 6.18. The molecule has 2 aromatic rings. The number of hydrogen-bond acceptors (Lipinski definition) is 4. The minimum Gasteiger partial charge on any atom is -0.408 e. The van der Waals surface area contributed by atoms with Crippen LogP contribution in [0, 0.1) is 0 Å². The van der Waals surface area contributed by atoms with Crippen molar-refractivity contribution in [2.24, 2.45) is 7.05 Å². The summed E-state index contributed by atoms with van der Waals surface area (Å²) >= 11 is 4.19. The van der Waals surface area contributed by atoms with Gasteiger partial charge in [-0.05, 0) is 24.3 Å². The average Bonchev–Trinajstić information content (AvgIpc) is 2.61. The van der Waals surface area contributed by atoms with Gasteiger partial charge >= 0.3 is 5.76 Å². The lowest BCUT2D eigenvalue weighted by atomic mass is 10.2. The first-order valence-electron chi connectivity index (χ1n) is 5.55. The molecule has 0 N–H and O–H groups in total. The number of fused-ring (bicyclic) bond motifs is 1. The van der Waals surface area contributed by atoms with Crippen molar-refractivity contribution in [1.29, 1.82) is 0 Å². The molecule has 0 amide bonds. The molecule has 0 atom stereocenters. The molecule has 2 rings (SSSR count). The molecule has 0 saturated heterocycles. The maximum atomic E-state index is 11.4. The third-order valence-electron chi connectivity index (χ3n) is 2.87. The number of nitrogens with zero attached hydrogens (tertiary/aromatic N) is 2. The fourth-order valence-corrected chi connectivity index (χ4v) is 1.94. The van der Waals surface area contributed by atoms with Gasteiger partial charge in [0.2, 0.25) is 0 Å². The minimum atomic E-state index is -0.324. The minimum absolute atomic E-state index is 0.324. The highest BCUT2D eigenvalue weighted by Crippen LogP contribution is 2.20. The smallest absolute Gasteiger partial charge is 0.408 e. The van der Waals surface area contributed by atoms with Crippen LogP contribution >= 0.6 is 12.6 Å². The highest BCUT2D eigenvalue weighted by Gasteiger charge is 2.08. The van der Waals surface area contributed by atoms with Gasteiger partial charge in [0.15, 0.2) is 5.58 Å². The summed E-state index contributed by atoms with van der Waals surface area (Å²) in [4.78, 5) is 13.5. The van der Waals surface area contributed by atoms with Crippen LogP contribution in [0.25, 0.3) is 11.1 Å². The lowest BCUT2D eigenvalue weighted by Crippen LogP contribution is -2.18. The van der Waals surface area contributed by atoms with Gasteiger partial charge in [0, 0.05) is 32.4 Å². The molecule has 0 unspecified atom stereocenters. The Bertz CT molecular complexity index is 573. The van der Waals surface area contributed by atoms with Crippen molar-refractivity contribution in [2.45, 2.75) is 6.42 Å². The van der Waals surface area contributed by atoms with Gasteiger partial charge < -0.3 is 9.32 Å². The Hall–Kier alpha value is -1.36. The van der Waals surface area contributed by atoms with E-state index >= 15 is 0 Å². The molecule has 0 aliphatic rings. The van der Waals surface area contributed by atoms with E-state index in [4.69, 9.17) is 4.42 Å². The molecule has 0 radical (unpaired) electrons. The zero-order valence-electron chi connectivity index (χ0n) is 10.0. The molecule has 0 aliphatic heterocycles. The van der Waals surface area contributed by atoms with Gasteiger partial charge in [0.05, 0.1) is 5.52 Å². The van der Waals surface area contributed by atoms with Gasteiger partial charge in [0.1, 0.15) is 0 Å². The molecule has 0 fully saturated rings. The van der Waals surface area contributed by atoms with E-state index in [1.807, 2.05) is 25.2 Å². The molecular weight excluding hydrogens is 236 g/mol. The van der Waals surface area contributed by atoms with Crippen molar-refractivity contribution in [1.82, 2.24) is 4.57 Å². The van der Waals surface area contributed by atoms with Crippen molar-refractivity contribution < 1.29 is 4.42 Å². The topological polar surface area (TPSA) is 38.4 Å². The Labute approximate surface area is 105 Å². The molecule has 0 saturated carbocycles. The number of hydrogen-bond donors (Lipinski definition) is 1. The normalized spacial score (nSPS) is 11.0. The van der Waals surface area contributed by atoms with Gasteiger partial charge in [-0.2, -0.15) is 12.6 Å². The largest absolute Gasteiger partial charge is 0.419 e. The Balaban J connectivity index is 2.34. The molecule has 1 aromatic carbocycles.